The Morgan fingerprint density at radius 1 is 1.05 bits per heavy atom. The average molecular weight is 307 g/mol. The van der Waals surface area contributed by atoms with Gasteiger partial charge in [-0.15, -0.1) is 0 Å². The van der Waals surface area contributed by atoms with Crippen LogP contribution in [0.5, 0.6) is 0 Å². The van der Waals surface area contributed by atoms with Crippen LogP contribution in [0, 0.1) is 0 Å². The van der Waals surface area contributed by atoms with Gasteiger partial charge in [0.25, 0.3) is 0 Å². The molecule has 0 unspecified atom stereocenters. The van der Waals surface area contributed by atoms with Gasteiger partial charge in [-0.25, -0.2) is 0 Å². The zero-order chi connectivity index (χ0) is 13.9. The molecule has 2 aromatic rings. The van der Waals surface area contributed by atoms with Crippen LogP contribution in [-0.2, 0) is 6.42 Å². The van der Waals surface area contributed by atoms with E-state index in [4.69, 9.17) is 23.2 Å². The monoisotopic (exact) mass is 306 g/mol. The van der Waals surface area contributed by atoms with E-state index in [1.165, 1.54) is 11.3 Å². The summed E-state index contributed by atoms with van der Waals surface area (Å²) in [6, 6.07) is 14.1. The highest BCUT2D eigenvalue weighted by molar-refractivity contribution is 6.35. The summed E-state index contributed by atoms with van der Waals surface area (Å²) in [7, 11) is 0. The lowest BCUT2D eigenvalue weighted by Crippen LogP contribution is -2.27. The van der Waals surface area contributed by atoms with Gasteiger partial charge in [0.1, 0.15) is 0 Å². The van der Waals surface area contributed by atoms with Gasteiger partial charge in [-0.05, 0) is 36.2 Å². The predicted octanol–water partition coefficient (Wildman–Crippen LogP) is 4.47. The van der Waals surface area contributed by atoms with Crippen LogP contribution in [0.3, 0.4) is 0 Å². The second-order valence-electron chi connectivity index (χ2n) is 4.95. The summed E-state index contributed by atoms with van der Waals surface area (Å²) < 4.78 is 0. The van der Waals surface area contributed by atoms with E-state index in [0.29, 0.717) is 10.0 Å². The minimum atomic E-state index is 0.659. The molecule has 4 heteroatoms. The zero-order valence-corrected chi connectivity index (χ0v) is 12.6. The highest BCUT2D eigenvalue weighted by Crippen LogP contribution is 2.27. The lowest BCUT2D eigenvalue weighted by atomic mass is 10.2. The molecule has 0 atom stereocenters. The van der Waals surface area contributed by atoms with E-state index < -0.39 is 0 Å². The lowest BCUT2D eigenvalue weighted by Gasteiger charge is -2.20. The second kappa shape index (κ2) is 5.94. The van der Waals surface area contributed by atoms with E-state index in [1.54, 1.807) is 6.07 Å². The summed E-state index contributed by atoms with van der Waals surface area (Å²) in [6.45, 7) is 2.93. The number of fused-ring (bicyclic) bond motifs is 1. The van der Waals surface area contributed by atoms with Crippen LogP contribution < -0.4 is 10.2 Å². The Morgan fingerprint density at radius 3 is 2.60 bits per heavy atom. The van der Waals surface area contributed by atoms with E-state index in [-0.39, 0.29) is 0 Å². The predicted molar refractivity (Wildman–Crippen MR) is 87.3 cm³/mol. The van der Waals surface area contributed by atoms with E-state index in [1.807, 2.05) is 12.1 Å². The van der Waals surface area contributed by atoms with Crippen molar-refractivity contribution in [2.24, 2.45) is 0 Å². The van der Waals surface area contributed by atoms with Gasteiger partial charge < -0.3 is 10.2 Å². The smallest absolute Gasteiger partial charge is 0.0441 e. The Labute approximate surface area is 129 Å². The molecule has 1 aliphatic heterocycles. The van der Waals surface area contributed by atoms with Crippen molar-refractivity contribution in [3.63, 3.8) is 0 Å². The molecule has 2 aromatic carbocycles. The van der Waals surface area contributed by atoms with Crippen molar-refractivity contribution >= 4 is 34.6 Å². The van der Waals surface area contributed by atoms with E-state index in [9.17, 15) is 0 Å². The van der Waals surface area contributed by atoms with Gasteiger partial charge >= 0.3 is 0 Å². The van der Waals surface area contributed by atoms with E-state index in [0.717, 1.165) is 31.7 Å². The number of anilines is 2. The van der Waals surface area contributed by atoms with Gasteiger partial charge in [0.05, 0.1) is 0 Å². The summed E-state index contributed by atoms with van der Waals surface area (Å²) in [6.07, 6.45) is 1.14. The Kier molecular flexibility index (Phi) is 4.04. The molecule has 0 saturated carbocycles. The number of benzene rings is 2. The first-order chi connectivity index (χ1) is 9.72. The van der Waals surface area contributed by atoms with Crippen molar-refractivity contribution in [2.75, 3.05) is 29.9 Å². The van der Waals surface area contributed by atoms with Crippen LogP contribution in [0.2, 0.25) is 10.0 Å². The largest absolute Gasteiger partial charge is 0.383 e. The van der Waals surface area contributed by atoms with Crippen LogP contribution in [0.4, 0.5) is 11.4 Å². The Morgan fingerprint density at radius 2 is 1.80 bits per heavy atom. The molecule has 1 aliphatic rings. The number of nitrogens with one attached hydrogen (secondary N) is 1. The molecule has 104 valence electrons. The van der Waals surface area contributed by atoms with Crippen LogP contribution in [-0.4, -0.2) is 19.6 Å². The summed E-state index contributed by atoms with van der Waals surface area (Å²) in [5.74, 6) is 0. The first-order valence-electron chi connectivity index (χ1n) is 6.75. The van der Waals surface area contributed by atoms with Crippen molar-refractivity contribution in [1.29, 1.82) is 0 Å². The Balaban J connectivity index is 1.59. The maximum absolute atomic E-state index is 5.99. The molecule has 3 rings (SSSR count). The van der Waals surface area contributed by atoms with Gasteiger partial charge in [-0.3, -0.25) is 0 Å². The number of halogens is 2. The standard InChI is InChI=1S/C16H16Cl2N2/c17-13-9-14(18)11-15(10-13)19-6-8-20-7-5-12-3-1-2-4-16(12)20/h1-4,9-11,19H,5-8H2. The SMILES string of the molecule is Clc1cc(Cl)cc(NCCN2CCc3ccccc32)c1. The van der Waals surface area contributed by atoms with Crippen LogP contribution in [0.15, 0.2) is 42.5 Å². The molecular weight excluding hydrogens is 291 g/mol. The molecule has 0 fully saturated rings. The fourth-order valence-corrected chi connectivity index (χ4v) is 3.16. The summed E-state index contributed by atoms with van der Waals surface area (Å²) in [5.41, 5.74) is 3.77. The third-order valence-corrected chi connectivity index (χ3v) is 3.99. The van der Waals surface area contributed by atoms with Gasteiger partial charge in [0, 0.05) is 41.1 Å². The highest BCUT2D eigenvalue weighted by Gasteiger charge is 2.17. The maximum Gasteiger partial charge on any atom is 0.0441 e. The van der Waals surface area contributed by atoms with Crippen molar-refractivity contribution in [1.82, 2.24) is 0 Å². The number of rotatable bonds is 4. The van der Waals surface area contributed by atoms with Crippen LogP contribution in [0.25, 0.3) is 0 Å². The molecule has 0 radical (unpaired) electrons. The number of hydrogen-bond donors (Lipinski definition) is 1. The zero-order valence-electron chi connectivity index (χ0n) is 11.1. The van der Waals surface area contributed by atoms with Crippen molar-refractivity contribution in [2.45, 2.75) is 6.42 Å². The third-order valence-electron chi connectivity index (χ3n) is 3.56. The molecule has 1 N–H and O–H groups in total. The van der Waals surface area contributed by atoms with Crippen LogP contribution >= 0.6 is 23.2 Å². The molecule has 0 aromatic heterocycles. The Hall–Kier alpha value is -1.38. The van der Waals surface area contributed by atoms with Gasteiger partial charge in [0.2, 0.25) is 0 Å². The first-order valence-corrected chi connectivity index (χ1v) is 7.51. The quantitative estimate of drug-likeness (QED) is 0.896. The topological polar surface area (TPSA) is 15.3 Å². The highest BCUT2D eigenvalue weighted by atomic mass is 35.5. The van der Waals surface area contributed by atoms with Crippen molar-refractivity contribution < 1.29 is 0 Å². The molecular formula is C16H16Cl2N2. The van der Waals surface area contributed by atoms with E-state index in [2.05, 4.69) is 34.5 Å². The summed E-state index contributed by atoms with van der Waals surface area (Å²) in [4.78, 5) is 2.41. The van der Waals surface area contributed by atoms with Gasteiger partial charge in [0.15, 0.2) is 0 Å². The molecule has 0 amide bonds. The molecule has 0 aliphatic carbocycles. The molecule has 0 saturated heterocycles. The normalized spacial score (nSPS) is 13.4. The van der Waals surface area contributed by atoms with Crippen molar-refractivity contribution in [3.05, 3.63) is 58.1 Å². The molecule has 0 bridgehead atoms. The minimum absolute atomic E-state index is 0.659. The average Bonchev–Trinajstić information content (AvgIpc) is 2.81. The summed E-state index contributed by atoms with van der Waals surface area (Å²) >= 11 is 12.0. The van der Waals surface area contributed by atoms with E-state index >= 15 is 0 Å². The maximum atomic E-state index is 5.99. The molecule has 20 heavy (non-hydrogen) atoms. The van der Waals surface area contributed by atoms with Gasteiger partial charge in [-0.1, -0.05) is 41.4 Å². The Bertz CT molecular complexity index is 593. The van der Waals surface area contributed by atoms with Crippen molar-refractivity contribution in [3.8, 4) is 0 Å². The fraction of sp³-hybridized carbons (Fsp3) is 0.250. The third kappa shape index (κ3) is 3.02. The number of nitrogens with zero attached hydrogens (tertiary/aromatic N) is 1. The molecule has 0 spiro atoms. The van der Waals surface area contributed by atoms with Gasteiger partial charge in [-0.2, -0.15) is 0 Å². The fourth-order valence-electron chi connectivity index (χ4n) is 2.63. The number of para-hydroxylation sites is 1. The minimum Gasteiger partial charge on any atom is -0.383 e. The second-order valence-corrected chi connectivity index (χ2v) is 5.82. The molecule has 2 nitrogen and oxygen atoms in total. The summed E-state index contributed by atoms with van der Waals surface area (Å²) in [5, 5.41) is 4.69. The lowest BCUT2D eigenvalue weighted by molar-refractivity contribution is 0.839. The number of hydrogen-bond acceptors (Lipinski definition) is 2. The molecule has 1 heterocycles. The first kappa shape index (κ1) is 13.6. The van der Waals surface area contributed by atoms with Crippen LogP contribution in [0.1, 0.15) is 5.56 Å².